The zero-order valence-electron chi connectivity index (χ0n) is 12.7. The van der Waals surface area contributed by atoms with Gasteiger partial charge in [0.25, 0.3) is 0 Å². The van der Waals surface area contributed by atoms with Crippen LogP contribution in [0.3, 0.4) is 0 Å². The summed E-state index contributed by atoms with van der Waals surface area (Å²) < 4.78 is 18.7. The van der Waals surface area contributed by atoms with E-state index in [9.17, 15) is 9.50 Å². The topological polar surface area (TPSA) is 49.5 Å². The van der Waals surface area contributed by atoms with E-state index in [-0.39, 0.29) is 11.9 Å². The molecule has 0 spiro atoms. The van der Waals surface area contributed by atoms with Crippen molar-refractivity contribution in [1.29, 1.82) is 0 Å². The van der Waals surface area contributed by atoms with E-state index in [1.807, 2.05) is 6.92 Å². The Balaban J connectivity index is 1.67. The number of benzene rings is 1. The van der Waals surface area contributed by atoms with E-state index in [1.54, 1.807) is 18.4 Å². The number of hydrogen-bond acceptors (Lipinski definition) is 4. The van der Waals surface area contributed by atoms with Crippen LogP contribution in [0.25, 0.3) is 11.5 Å². The van der Waals surface area contributed by atoms with Gasteiger partial charge in [0, 0.05) is 18.7 Å². The zero-order chi connectivity index (χ0) is 15.5. The summed E-state index contributed by atoms with van der Waals surface area (Å²) in [4.78, 5) is 6.73. The van der Waals surface area contributed by atoms with E-state index < -0.39 is 0 Å². The van der Waals surface area contributed by atoms with Gasteiger partial charge in [-0.2, -0.15) is 0 Å². The summed E-state index contributed by atoms with van der Waals surface area (Å²) in [5.41, 5.74) is 1.48. The summed E-state index contributed by atoms with van der Waals surface area (Å²) in [5, 5.41) is 9.74. The molecular weight excluding hydrogens is 283 g/mol. The number of aliphatic hydroxyl groups is 1. The molecule has 4 nitrogen and oxygen atoms in total. The van der Waals surface area contributed by atoms with E-state index in [2.05, 4.69) is 9.88 Å². The van der Waals surface area contributed by atoms with Crippen LogP contribution in [0.1, 0.15) is 25.5 Å². The first-order valence-electron chi connectivity index (χ1n) is 7.72. The molecule has 0 saturated carbocycles. The number of likely N-dealkylation sites (tertiary alicyclic amines) is 1. The first-order valence-corrected chi connectivity index (χ1v) is 7.72. The molecule has 3 rings (SSSR count). The summed E-state index contributed by atoms with van der Waals surface area (Å²) in [5.74, 6) is 0.468. The SMILES string of the molecule is C[C@H](O)[C@@H]1CCCN(Cc2coc(-c3cccc(F)c3)n2)C1. The van der Waals surface area contributed by atoms with Gasteiger partial charge < -0.3 is 9.52 Å². The smallest absolute Gasteiger partial charge is 0.226 e. The van der Waals surface area contributed by atoms with Crippen molar-refractivity contribution in [2.45, 2.75) is 32.4 Å². The molecular formula is C17H21FN2O2. The molecule has 1 aromatic heterocycles. The third-order valence-electron chi connectivity index (χ3n) is 4.23. The molecule has 1 N–H and O–H groups in total. The summed E-state index contributed by atoms with van der Waals surface area (Å²) >= 11 is 0. The molecule has 2 heterocycles. The number of nitrogens with zero attached hydrogens (tertiary/aromatic N) is 2. The van der Waals surface area contributed by atoms with Gasteiger partial charge in [-0.1, -0.05) is 6.07 Å². The zero-order valence-corrected chi connectivity index (χ0v) is 12.7. The molecule has 1 aliphatic heterocycles. The minimum atomic E-state index is -0.298. The lowest BCUT2D eigenvalue weighted by atomic mass is 9.93. The van der Waals surface area contributed by atoms with Crippen molar-refractivity contribution in [2.24, 2.45) is 5.92 Å². The maximum Gasteiger partial charge on any atom is 0.226 e. The molecule has 0 bridgehead atoms. The molecule has 1 fully saturated rings. The van der Waals surface area contributed by atoms with Crippen LogP contribution in [0.4, 0.5) is 4.39 Å². The average Bonchev–Trinajstić information content (AvgIpc) is 2.96. The second kappa shape index (κ2) is 6.58. The van der Waals surface area contributed by atoms with E-state index in [0.29, 0.717) is 23.9 Å². The largest absolute Gasteiger partial charge is 0.444 e. The maximum absolute atomic E-state index is 13.2. The number of hydrogen-bond donors (Lipinski definition) is 1. The van der Waals surface area contributed by atoms with Crippen LogP contribution < -0.4 is 0 Å². The van der Waals surface area contributed by atoms with Gasteiger partial charge in [0.15, 0.2) is 0 Å². The van der Waals surface area contributed by atoms with Crippen molar-refractivity contribution < 1.29 is 13.9 Å². The van der Waals surface area contributed by atoms with Crippen LogP contribution >= 0.6 is 0 Å². The average molecular weight is 304 g/mol. The van der Waals surface area contributed by atoms with Gasteiger partial charge in [-0.05, 0) is 50.4 Å². The summed E-state index contributed by atoms with van der Waals surface area (Å²) in [6.45, 7) is 4.43. The van der Waals surface area contributed by atoms with Gasteiger partial charge in [0.1, 0.15) is 12.1 Å². The summed E-state index contributed by atoms with van der Waals surface area (Å²) in [6.07, 6.45) is 3.51. The minimum Gasteiger partial charge on any atom is -0.444 e. The molecule has 5 heteroatoms. The second-order valence-corrected chi connectivity index (χ2v) is 6.03. The normalized spacial score (nSPS) is 21.0. The van der Waals surface area contributed by atoms with Crippen molar-refractivity contribution in [1.82, 2.24) is 9.88 Å². The third kappa shape index (κ3) is 3.54. The molecule has 2 atom stereocenters. The highest BCUT2D eigenvalue weighted by Crippen LogP contribution is 2.23. The van der Waals surface area contributed by atoms with Crippen molar-refractivity contribution in [3.63, 3.8) is 0 Å². The number of oxazole rings is 1. The van der Waals surface area contributed by atoms with Gasteiger partial charge in [0.2, 0.25) is 5.89 Å². The highest BCUT2D eigenvalue weighted by atomic mass is 19.1. The standard InChI is InChI=1S/C17H21FN2O2/c1-12(21)14-5-3-7-20(9-14)10-16-11-22-17(19-16)13-4-2-6-15(18)8-13/h2,4,6,8,11-12,14,21H,3,5,7,9-10H2,1H3/t12-,14+/m0/s1. The molecule has 0 amide bonds. The van der Waals surface area contributed by atoms with Gasteiger partial charge in [-0.3, -0.25) is 4.90 Å². The van der Waals surface area contributed by atoms with Crippen LogP contribution in [-0.2, 0) is 6.54 Å². The molecule has 1 aromatic carbocycles. The Labute approximate surface area is 129 Å². The quantitative estimate of drug-likeness (QED) is 0.943. The van der Waals surface area contributed by atoms with Crippen LogP contribution in [0.15, 0.2) is 34.9 Å². The molecule has 118 valence electrons. The second-order valence-electron chi connectivity index (χ2n) is 6.03. The van der Waals surface area contributed by atoms with Gasteiger partial charge in [-0.25, -0.2) is 9.37 Å². The third-order valence-corrected chi connectivity index (χ3v) is 4.23. The molecule has 0 aliphatic carbocycles. The Kier molecular flexibility index (Phi) is 4.55. The predicted molar refractivity (Wildman–Crippen MR) is 81.6 cm³/mol. The van der Waals surface area contributed by atoms with Crippen LogP contribution in [0.2, 0.25) is 0 Å². The Morgan fingerprint density at radius 2 is 2.36 bits per heavy atom. The number of aromatic nitrogens is 1. The fourth-order valence-electron chi connectivity index (χ4n) is 2.99. The lowest BCUT2D eigenvalue weighted by molar-refractivity contribution is 0.0594. The molecule has 0 radical (unpaired) electrons. The van der Waals surface area contributed by atoms with Crippen molar-refractivity contribution in [3.8, 4) is 11.5 Å². The number of halogens is 1. The van der Waals surface area contributed by atoms with Gasteiger partial charge in [-0.15, -0.1) is 0 Å². The highest BCUT2D eigenvalue weighted by molar-refractivity contribution is 5.52. The lowest BCUT2D eigenvalue weighted by Gasteiger charge is -2.33. The summed E-state index contributed by atoms with van der Waals surface area (Å²) in [6, 6.07) is 6.24. The monoisotopic (exact) mass is 304 g/mol. The molecule has 1 aliphatic rings. The first-order chi connectivity index (χ1) is 10.6. The fraction of sp³-hybridized carbons (Fsp3) is 0.471. The van der Waals surface area contributed by atoms with Crippen LogP contribution in [0, 0.1) is 11.7 Å². The molecule has 2 aromatic rings. The van der Waals surface area contributed by atoms with E-state index in [0.717, 1.165) is 31.6 Å². The van der Waals surface area contributed by atoms with Crippen LogP contribution in [-0.4, -0.2) is 34.2 Å². The molecule has 0 unspecified atom stereocenters. The summed E-state index contributed by atoms with van der Waals surface area (Å²) in [7, 11) is 0. The van der Waals surface area contributed by atoms with Gasteiger partial charge in [0.05, 0.1) is 11.8 Å². The Bertz CT molecular complexity index is 627. The molecule has 1 saturated heterocycles. The van der Waals surface area contributed by atoms with Crippen molar-refractivity contribution in [2.75, 3.05) is 13.1 Å². The van der Waals surface area contributed by atoms with E-state index in [4.69, 9.17) is 4.42 Å². The van der Waals surface area contributed by atoms with Crippen LogP contribution in [0.5, 0.6) is 0 Å². The Hall–Kier alpha value is -1.72. The van der Waals surface area contributed by atoms with E-state index in [1.165, 1.54) is 12.1 Å². The predicted octanol–water partition coefficient (Wildman–Crippen LogP) is 3.07. The lowest BCUT2D eigenvalue weighted by Crippen LogP contribution is -2.39. The highest BCUT2D eigenvalue weighted by Gasteiger charge is 2.24. The minimum absolute atomic E-state index is 0.275. The maximum atomic E-state index is 13.2. The Morgan fingerprint density at radius 3 is 3.14 bits per heavy atom. The number of piperidine rings is 1. The Morgan fingerprint density at radius 1 is 1.50 bits per heavy atom. The number of rotatable bonds is 4. The molecule has 22 heavy (non-hydrogen) atoms. The first kappa shape index (κ1) is 15.2. The van der Waals surface area contributed by atoms with Crippen molar-refractivity contribution in [3.05, 3.63) is 42.0 Å². The van der Waals surface area contributed by atoms with Crippen molar-refractivity contribution >= 4 is 0 Å². The van der Waals surface area contributed by atoms with E-state index >= 15 is 0 Å². The fourth-order valence-corrected chi connectivity index (χ4v) is 2.99. The van der Waals surface area contributed by atoms with Gasteiger partial charge >= 0.3 is 0 Å². The number of aliphatic hydroxyl groups excluding tert-OH is 1.